The molecule has 5 rings (SSSR count). The van der Waals surface area contributed by atoms with E-state index < -0.39 is 0 Å². The average Bonchev–Trinajstić information content (AvgIpc) is 2.98. The number of hydrogen-bond acceptors (Lipinski definition) is 4. The summed E-state index contributed by atoms with van der Waals surface area (Å²) in [6, 6.07) is 5.49. The number of piperidine rings is 3. The van der Waals surface area contributed by atoms with Gasteiger partial charge in [0.1, 0.15) is 5.82 Å². The van der Waals surface area contributed by atoms with Crippen LogP contribution in [0.4, 0.5) is 5.82 Å². The van der Waals surface area contributed by atoms with Gasteiger partial charge in [0.2, 0.25) is 0 Å². The molecule has 0 amide bonds. The maximum absolute atomic E-state index is 4.66. The molecule has 2 aromatic rings. The lowest BCUT2D eigenvalue weighted by atomic mass is 9.79. The molecule has 2 atom stereocenters. The van der Waals surface area contributed by atoms with Crippen molar-refractivity contribution in [2.75, 3.05) is 18.4 Å². The molecular formula is C18H23N3S. The molecule has 3 fully saturated rings. The molecule has 0 aliphatic carbocycles. The van der Waals surface area contributed by atoms with Gasteiger partial charge in [-0.15, -0.1) is 0 Å². The Hall–Kier alpha value is -1.39. The summed E-state index contributed by atoms with van der Waals surface area (Å²) in [4.78, 5) is 7.27. The van der Waals surface area contributed by atoms with E-state index in [-0.39, 0.29) is 0 Å². The third-order valence-corrected chi connectivity index (χ3v) is 6.28. The fraction of sp³-hybridized carbons (Fsp3) is 0.500. The topological polar surface area (TPSA) is 28.2 Å². The molecule has 3 aliphatic rings. The van der Waals surface area contributed by atoms with Crippen LogP contribution in [-0.2, 0) is 0 Å². The molecule has 1 N–H and O–H groups in total. The fourth-order valence-corrected chi connectivity index (χ4v) is 4.87. The van der Waals surface area contributed by atoms with Crippen molar-refractivity contribution in [3.8, 4) is 11.1 Å². The van der Waals surface area contributed by atoms with E-state index in [0.717, 1.165) is 11.7 Å². The van der Waals surface area contributed by atoms with Gasteiger partial charge in [0, 0.05) is 23.8 Å². The van der Waals surface area contributed by atoms with Crippen LogP contribution in [0.15, 0.2) is 29.1 Å². The van der Waals surface area contributed by atoms with Crippen LogP contribution in [0.2, 0.25) is 0 Å². The number of anilines is 1. The predicted octanol–water partition coefficient (Wildman–Crippen LogP) is 4.01. The Morgan fingerprint density at radius 2 is 2.05 bits per heavy atom. The summed E-state index contributed by atoms with van der Waals surface area (Å²) in [6.45, 7) is 7.06. The van der Waals surface area contributed by atoms with Gasteiger partial charge in [-0.05, 0) is 79.7 Å². The van der Waals surface area contributed by atoms with Crippen molar-refractivity contribution in [2.45, 2.75) is 38.8 Å². The lowest BCUT2D eigenvalue weighted by Crippen LogP contribution is -2.59. The van der Waals surface area contributed by atoms with E-state index in [1.54, 1.807) is 11.3 Å². The predicted molar refractivity (Wildman–Crippen MR) is 93.5 cm³/mol. The molecule has 0 radical (unpaired) electrons. The summed E-state index contributed by atoms with van der Waals surface area (Å²) in [5.41, 5.74) is 3.85. The van der Waals surface area contributed by atoms with Crippen LogP contribution in [-0.4, -0.2) is 35.1 Å². The summed E-state index contributed by atoms with van der Waals surface area (Å²) in [5, 5.41) is 8.09. The first-order valence-electron chi connectivity index (χ1n) is 8.22. The molecule has 2 aromatic heterocycles. The molecule has 0 spiro atoms. The number of aryl methyl sites for hydroxylation is 1. The van der Waals surface area contributed by atoms with Crippen molar-refractivity contribution in [1.82, 2.24) is 9.88 Å². The Morgan fingerprint density at radius 3 is 2.64 bits per heavy atom. The third-order valence-electron chi connectivity index (χ3n) is 5.42. The Kier molecular flexibility index (Phi) is 3.66. The van der Waals surface area contributed by atoms with Gasteiger partial charge in [-0.1, -0.05) is 0 Å². The van der Waals surface area contributed by atoms with Crippen molar-refractivity contribution >= 4 is 17.2 Å². The molecule has 3 nitrogen and oxygen atoms in total. The standard InChI is InChI=1S/C18H23N3S/c1-12-10-22-11-16(12)15-3-4-17(19-9-15)20-18-13(2)21-7-5-14(18)6-8-21/h3-4,9-11,13-14,18H,5-8H2,1-2H3,(H,19,20)/t13-,18-/m1/s1. The summed E-state index contributed by atoms with van der Waals surface area (Å²) in [6.07, 6.45) is 4.66. The van der Waals surface area contributed by atoms with Crippen LogP contribution in [0.3, 0.4) is 0 Å². The second-order valence-corrected chi connectivity index (χ2v) is 7.43. The molecule has 116 valence electrons. The van der Waals surface area contributed by atoms with Gasteiger partial charge >= 0.3 is 0 Å². The first-order chi connectivity index (χ1) is 10.7. The molecule has 0 unspecified atom stereocenters. The minimum absolute atomic E-state index is 0.545. The Labute approximate surface area is 136 Å². The summed E-state index contributed by atoms with van der Waals surface area (Å²) < 4.78 is 0. The molecule has 0 aromatic carbocycles. The van der Waals surface area contributed by atoms with E-state index in [1.165, 1.54) is 42.6 Å². The highest BCUT2D eigenvalue weighted by atomic mass is 32.1. The molecule has 0 saturated carbocycles. The Balaban J connectivity index is 1.51. The van der Waals surface area contributed by atoms with E-state index in [9.17, 15) is 0 Å². The number of nitrogens with one attached hydrogen (secondary N) is 1. The largest absolute Gasteiger partial charge is 0.365 e. The summed E-state index contributed by atoms with van der Waals surface area (Å²) >= 11 is 1.75. The van der Waals surface area contributed by atoms with E-state index in [1.807, 2.05) is 6.20 Å². The van der Waals surface area contributed by atoms with Gasteiger partial charge in [-0.3, -0.25) is 4.90 Å². The quantitative estimate of drug-likeness (QED) is 0.928. The molecular weight excluding hydrogens is 290 g/mol. The maximum atomic E-state index is 4.66. The summed E-state index contributed by atoms with van der Waals surface area (Å²) in [7, 11) is 0. The van der Waals surface area contributed by atoms with Crippen LogP contribution >= 0.6 is 11.3 Å². The number of aromatic nitrogens is 1. The van der Waals surface area contributed by atoms with Crippen LogP contribution < -0.4 is 5.32 Å². The molecule has 5 heterocycles. The highest BCUT2D eigenvalue weighted by Gasteiger charge is 2.39. The first kappa shape index (κ1) is 14.2. The SMILES string of the molecule is Cc1cscc1-c1ccc(N[C@H]2C3CCN(CC3)[C@@H]2C)nc1. The van der Waals surface area contributed by atoms with Crippen LogP contribution in [0.25, 0.3) is 11.1 Å². The van der Waals surface area contributed by atoms with Gasteiger partial charge < -0.3 is 5.32 Å². The highest BCUT2D eigenvalue weighted by molar-refractivity contribution is 7.08. The first-order valence-corrected chi connectivity index (χ1v) is 9.16. The zero-order valence-corrected chi connectivity index (χ0v) is 14.1. The van der Waals surface area contributed by atoms with E-state index >= 15 is 0 Å². The second-order valence-electron chi connectivity index (χ2n) is 6.68. The van der Waals surface area contributed by atoms with Crippen molar-refractivity contribution in [3.05, 3.63) is 34.7 Å². The zero-order valence-electron chi connectivity index (χ0n) is 13.2. The number of hydrogen-bond donors (Lipinski definition) is 1. The van der Waals surface area contributed by atoms with Gasteiger partial charge in [-0.2, -0.15) is 11.3 Å². The van der Waals surface area contributed by atoms with Gasteiger partial charge in [0.05, 0.1) is 0 Å². The highest BCUT2D eigenvalue weighted by Crippen LogP contribution is 2.34. The van der Waals surface area contributed by atoms with Crippen molar-refractivity contribution in [1.29, 1.82) is 0 Å². The number of thiophene rings is 1. The van der Waals surface area contributed by atoms with E-state index in [2.05, 4.69) is 51.9 Å². The molecule has 3 saturated heterocycles. The van der Waals surface area contributed by atoms with Crippen LogP contribution in [0, 0.1) is 12.8 Å². The number of fused-ring (bicyclic) bond motifs is 3. The van der Waals surface area contributed by atoms with Gasteiger partial charge in [-0.25, -0.2) is 4.98 Å². The zero-order chi connectivity index (χ0) is 15.1. The van der Waals surface area contributed by atoms with Gasteiger partial charge in [0.15, 0.2) is 0 Å². The molecule has 4 heteroatoms. The smallest absolute Gasteiger partial charge is 0.126 e. The van der Waals surface area contributed by atoms with Crippen molar-refractivity contribution in [2.24, 2.45) is 5.92 Å². The molecule has 22 heavy (non-hydrogen) atoms. The molecule has 3 aliphatic heterocycles. The normalized spacial score (nSPS) is 30.5. The third kappa shape index (κ3) is 2.44. The van der Waals surface area contributed by atoms with E-state index in [0.29, 0.717) is 12.1 Å². The van der Waals surface area contributed by atoms with Crippen molar-refractivity contribution < 1.29 is 0 Å². The number of pyridine rings is 1. The number of nitrogens with zero attached hydrogens (tertiary/aromatic N) is 2. The van der Waals surface area contributed by atoms with Crippen LogP contribution in [0.1, 0.15) is 25.3 Å². The minimum atomic E-state index is 0.545. The average molecular weight is 313 g/mol. The second kappa shape index (κ2) is 5.67. The Morgan fingerprint density at radius 1 is 1.23 bits per heavy atom. The van der Waals surface area contributed by atoms with E-state index in [4.69, 9.17) is 0 Å². The Bertz CT molecular complexity index is 639. The molecule has 2 bridgehead atoms. The number of rotatable bonds is 3. The maximum Gasteiger partial charge on any atom is 0.126 e. The minimum Gasteiger partial charge on any atom is -0.365 e. The van der Waals surface area contributed by atoms with Gasteiger partial charge in [0.25, 0.3) is 0 Å². The fourth-order valence-electron chi connectivity index (χ4n) is 4.01. The lowest BCUT2D eigenvalue weighted by molar-refractivity contribution is 0.0457. The van der Waals surface area contributed by atoms with Crippen LogP contribution in [0.5, 0.6) is 0 Å². The summed E-state index contributed by atoms with van der Waals surface area (Å²) in [5.74, 6) is 1.82. The lowest BCUT2D eigenvalue weighted by Gasteiger charge is -2.50. The monoisotopic (exact) mass is 313 g/mol. The van der Waals surface area contributed by atoms with Crippen molar-refractivity contribution in [3.63, 3.8) is 0 Å².